The third-order valence-electron chi connectivity index (χ3n) is 3.88. The van der Waals surface area contributed by atoms with Gasteiger partial charge in [-0.3, -0.25) is 0 Å². The van der Waals surface area contributed by atoms with Gasteiger partial charge >= 0.3 is 0 Å². The SMILES string of the molecule is O=S(=O)(CCc1ccccc1)N1CCCC(CCBr)C1. The number of piperidine rings is 1. The molecule has 0 aliphatic carbocycles. The van der Waals surface area contributed by atoms with Crippen LogP contribution in [0.1, 0.15) is 24.8 Å². The molecule has 0 amide bonds. The van der Waals surface area contributed by atoms with Crippen molar-refractivity contribution in [3.05, 3.63) is 35.9 Å². The van der Waals surface area contributed by atoms with Gasteiger partial charge in [0.15, 0.2) is 0 Å². The van der Waals surface area contributed by atoms with Crippen molar-refractivity contribution in [1.82, 2.24) is 4.31 Å². The zero-order valence-electron chi connectivity index (χ0n) is 11.7. The minimum absolute atomic E-state index is 0.220. The molecule has 5 heteroatoms. The molecular formula is C15H22BrNO2S. The third-order valence-corrected chi connectivity index (χ3v) is 6.18. The summed E-state index contributed by atoms with van der Waals surface area (Å²) in [5.41, 5.74) is 1.09. The summed E-state index contributed by atoms with van der Waals surface area (Å²) in [6.45, 7) is 1.39. The fraction of sp³-hybridized carbons (Fsp3) is 0.600. The number of rotatable bonds is 6. The predicted molar refractivity (Wildman–Crippen MR) is 86.6 cm³/mol. The first-order valence-corrected chi connectivity index (χ1v) is 9.92. The van der Waals surface area contributed by atoms with Gasteiger partial charge in [0.05, 0.1) is 5.75 Å². The van der Waals surface area contributed by atoms with Crippen LogP contribution in [0, 0.1) is 5.92 Å². The van der Waals surface area contributed by atoms with Crippen LogP contribution >= 0.6 is 15.9 Å². The zero-order chi connectivity index (χ0) is 14.4. The first-order valence-electron chi connectivity index (χ1n) is 7.19. The lowest BCUT2D eigenvalue weighted by Gasteiger charge is -2.31. The molecule has 1 heterocycles. The maximum absolute atomic E-state index is 12.4. The number of halogens is 1. The van der Waals surface area contributed by atoms with Crippen molar-refractivity contribution in [2.24, 2.45) is 5.92 Å². The molecule has 1 saturated heterocycles. The molecule has 0 bridgehead atoms. The van der Waals surface area contributed by atoms with E-state index in [0.29, 0.717) is 25.4 Å². The van der Waals surface area contributed by atoms with Crippen molar-refractivity contribution in [2.45, 2.75) is 25.7 Å². The van der Waals surface area contributed by atoms with Gasteiger partial charge in [0, 0.05) is 18.4 Å². The number of hydrogen-bond donors (Lipinski definition) is 0. The molecule has 0 spiro atoms. The Hall–Kier alpha value is -0.390. The van der Waals surface area contributed by atoms with Crippen LogP contribution < -0.4 is 0 Å². The normalized spacial score (nSPS) is 20.9. The molecule has 0 aromatic heterocycles. The fourth-order valence-corrected chi connectivity index (χ4v) is 4.93. The van der Waals surface area contributed by atoms with Crippen LogP contribution in [0.25, 0.3) is 0 Å². The number of alkyl halides is 1. The van der Waals surface area contributed by atoms with Gasteiger partial charge in [-0.05, 0) is 37.2 Å². The average Bonchev–Trinajstić information content (AvgIpc) is 2.47. The molecule has 112 valence electrons. The third kappa shape index (κ3) is 4.57. The van der Waals surface area contributed by atoms with E-state index in [9.17, 15) is 8.42 Å². The standard InChI is InChI=1S/C15H22BrNO2S/c16-10-8-15-7-4-11-17(13-15)20(18,19)12-9-14-5-2-1-3-6-14/h1-3,5-6,15H,4,7-13H2. The molecule has 0 radical (unpaired) electrons. The Morgan fingerprint density at radius 2 is 2.00 bits per heavy atom. The number of nitrogens with zero attached hydrogens (tertiary/aromatic N) is 1. The molecule has 1 aliphatic rings. The highest BCUT2D eigenvalue weighted by atomic mass is 79.9. The van der Waals surface area contributed by atoms with E-state index in [1.54, 1.807) is 4.31 Å². The number of hydrogen-bond acceptors (Lipinski definition) is 2. The number of aryl methyl sites for hydroxylation is 1. The maximum atomic E-state index is 12.4. The average molecular weight is 360 g/mol. The van der Waals surface area contributed by atoms with Crippen LogP contribution in [0.2, 0.25) is 0 Å². The summed E-state index contributed by atoms with van der Waals surface area (Å²) < 4.78 is 26.5. The minimum atomic E-state index is -3.11. The second kappa shape index (κ2) is 7.57. The highest BCUT2D eigenvalue weighted by Crippen LogP contribution is 2.23. The van der Waals surface area contributed by atoms with Crippen molar-refractivity contribution in [2.75, 3.05) is 24.2 Å². The van der Waals surface area contributed by atoms with Gasteiger partial charge < -0.3 is 0 Å². The zero-order valence-corrected chi connectivity index (χ0v) is 14.1. The smallest absolute Gasteiger partial charge is 0.212 e. The molecule has 1 aromatic rings. The van der Waals surface area contributed by atoms with E-state index >= 15 is 0 Å². The number of benzene rings is 1. The monoisotopic (exact) mass is 359 g/mol. The second-order valence-corrected chi connectivity index (χ2v) is 8.28. The first kappa shape index (κ1) is 16.0. The molecule has 3 nitrogen and oxygen atoms in total. The van der Waals surface area contributed by atoms with Gasteiger partial charge in [-0.2, -0.15) is 0 Å². The van der Waals surface area contributed by atoms with Gasteiger partial charge in [0.25, 0.3) is 0 Å². The lowest BCUT2D eigenvalue weighted by Crippen LogP contribution is -2.41. The van der Waals surface area contributed by atoms with E-state index in [1.165, 1.54) is 0 Å². The largest absolute Gasteiger partial charge is 0.214 e. The van der Waals surface area contributed by atoms with Crippen LogP contribution in [-0.4, -0.2) is 36.9 Å². The second-order valence-electron chi connectivity index (χ2n) is 5.40. The summed E-state index contributed by atoms with van der Waals surface area (Å²) in [6.07, 6.45) is 3.80. The van der Waals surface area contributed by atoms with E-state index in [0.717, 1.165) is 30.2 Å². The van der Waals surface area contributed by atoms with Gasteiger partial charge in [-0.25, -0.2) is 12.7 Å². The first-order chi connectivity index (χ1) is 9.62. The summed E-state index contributed by atoms with van der Waals surface area (Å²) in [5, 5.41) is 0.954. The van der Waals surface area contributed by atoms with Gasteiger partial charge in [0.2, 0.25) is 10.0 Å². The molecular weight excluding hydrogens is 338 g/mol. The Bertz CT molecular complexity index is 502. The van der Waals surface area contributed by atoms with Crippen molar-refractivity contribution in [3.63, 3.8) is 0 Å². The highest BCUT2D eigenvalue weighted by molar-refractivity contribution is 9.09. The Morgan fingerprint density at radius 3 is 2.70 bits per heavy atom. The molecule has 1 aliphatic heterocycles. The topological polar surface area (TPSA) is 37.4 Å². The van der Waals surface area contributed by atoms with Crippen LogP contribution in [0.5, 0.6) is 0 Å². The highest BCUT2D eigenvalue weighted by Gasteiger charge is 2.28. The van der Waals surface area contributed by atoms with Crippen LogP contribution in [-0.2, 0) is 16.4 Å². The van der Waals surface area contributed by atoms with E-state index < -0.39 is 10.0 Å². The molecule has 1 atom stereocenters. The van der Waals surface area contributed by atoms with Crippen LogP contribution in [0.4, 0.5) is 0 Å². The molecule has 1 aromatic carbocycles. The van der Waals surface area contributed by atoms with E-state index in [-0.39, 0.29) is 5.75 Å². The Balaban J connectivity index is 1.92. The van der Waals surface area contributed by atoms with Crippen LogP contribution in [0.15, 0.2) is 30.3 Å². The van der Waals surface area contributed by atoms with Gasteiger partial charge in [-0.1, -0.05) is 46.3 Å². The van der Waals surface area contributed by atoms with E-state index in [1.807, 2.05) is 30.3 Å². The Morgan fingerprint density at radius 1 is 1.25 bits per heavy atom. The van der Waals surface area contributed by atoms with Crippen molar-refractivity contribution >= 4 is 26.0 Å². The van der Waals surface area contributed by atoms with E-state index in [4.69, 9.17) is 0 Å². The summed E-state index contributed by atoms with van der Waals surface area (Å²) in [5.74, 6) is 0.729. The van der Waals surface area contributed by atoms with Crippen molar-refractivity contribution < 1.29 is 8.42 Å². The summed E-state index contributed by atoms with van der Waals surface area (Å²) in [4.78, 5) is 0. The molecule has 20 heavy (non-hydrogen) atoms. The van der Waals surface area contributed by atoms with Gasteiger partial charge in [-0.15, -0.1) is 0 Å². The lowest BCUT2D eigenvalue weighted by molar-refractivity contribution is 0.263. The maximum Gasteiger partial charge on any atom is 0.214 e. The molecule has 1 unspecified atom stereocenters. The minimum Gasteiger partial charge on any atom is -0.212 e. The molecule has 1 fully saturated rings. The van der Waals surface area contributed by atoms with Gasteiger partial charge in [0.1, 0.15) is 0 Å². The fourth-order valence-electron chi connectivity index (χ4n) is 2.69. The molecule has 2 rings (SSSR count). The number of sulfonamides is 1. The van der Waals surface area contributed by atoms with Crippen molar-refractivity contribution in [3.8, 4) is 0 Å². The molecule has 0 saturated carbocycles. The van der Waals surface area contributed by atoms with E-state index in [2.05, 4.69) is 15.9 Å². The quantitative estimate of drug-likeness (QED) is 0.732. The Labute approximate surface area is 130 Å². The van der Waals surface area contributed by atoms with Crippen LogP contribution in [0.3, 0.4) is 0 Å². The molecule has 0 N–H and O–H groups in total. The lowest BCUT2D eigenvalue weighted by atomic mass is 9.97. The summed E-state index contributed by atoms with van der Waals surface area (Å²) >= 11 is 3.45. The summed E-state index contributed by atoms with van der Waals surface area (Å²) in [7, 11) is -3.11. The van der Waals surface area contributed by atoms with Crippen molar-refractivity contribution in [1.29, 1.82) is 0 Å². The predicted octanol–water partition coefficient (Wildman–Crippen LogP) is 3.06. The summed E-state index contributed by atoms with van der Waals surface area (Å²) in [6, 6.07) is 9.83. The Kier molecular flexibility index (Phi) is 6.05.